The van der Waals surface area contributed by atoms with Gasteiger partial charge in [0.25, 0.3) is 0 Å². The fraction of sp³-hybridized carbons (Fsp3) is 0.714. The molecule has 0 aromatic heterocycles. The van der Waals surface area contributed by atoms with E-state index >= 15 is 0 Å². The smallest absolute Gasteiger partial charge is 0.153 e. The molecule has 4 nitrogen and oxygen atoms in total. The summed E-state index contributed by atoms with van der Waals surface area (Å²) in [5.41, 5.74) is 0.0825. The van der Waals surface area contributed by atoms with E-state index in [2.05, 4.69) is 17.6 Å². The van der Waals surface area contributed by atoms with E-state index in [1.54, 1.807) is 0 Å². The fourth-order valence-electron chi connectivity index (χ4n) is 7.00. The summed E-state index contributed by atoms with van der Waals surface area (Å²) in [5.74, 6) is 2.30. The van der Waals surface area contributed by atoms with E-state index in [9.17, 15) is 10.2 Å². The van der Waals surface area contributed by atoms with Gasteiger partial charge in [0.1, 0.15) is 11.9 Å². The highest BCUT2D eigenvalue weighted by molar-refractivity contribution is 5.41. The van der Waals surface area contributed by atoms with E-state index in [1.807, 2.05) is 6.08 Å². The Labute approximate surface area is 148 Å². The molecule has 2 saturated heterocycles. The Kier molecular flexibility index (Phi) is 2.69. The molecule has 2 N–H and O–H groups in total. The Balaban J connectivity index is 1.51. The van der Waals surface area contributed by atoms with Gasteiger partial charge in [0.05, 0.1) is 11.0 Å². The lowest BCUT2D eigenvalue weighted by Crippen LogP contribution is -2.75. The third-order valence-electron chi connectivity index (χ3n) is 8.23. The van der Waals surface area contributed by atoms with Crippen LogP contribution in [-0.4, -0.2) is 45.9 Å². The van der Waals surface area contributed by atoms with Gasteiger partial charge in [0.15, 0.2) is 5.76 Å². The summed E-state index contributed by atoms with van der Waals surface area (Å²) in [6, 6.07) is 0.214. The molecule has 25 heavy (non-hydrogen) atoms. The van der Waals surface area contributed by atoms with E-state index in [4.69, 9.17) is 4.74 Å². The lowest BCUT2D eigenvalue weighted by atomic mass is 9.44. The molecule has 2 aliphatic heterocycles. The van der Waals surface area contributed by atoms with Crippen molar-refractivity contribution in [1.29, 1.82) is 0 Å². The fourth-order valence-corrected chi connectivity index (χ4v) is 7.00. The molecule has 6 aliphatic rings. The first-order valence-corrected chi connectivity index (χ1v) is 9.97. The van der Waals surface area contributed by atoms with Crippen LogP contribution >= 0.6 is 0 Å². The Hall–Kier alpha value is -1.26. The number of hydrogen-bond donors (Lipinski definition) is 2. The van der Waals surface area contributed by atoms with Gasteiger partial charge in [0, 0.05) is 18.5 Å². The molecule has 134 valence electrons. The zero-order valence-corrected chi connectivity index (χ0v) is 14.7. The summed E-state index contributed by atoms with van der Waals surface area (Å²) in [4.78, 5) is 2.59. The van der Waals surface area contributed by atoms with Crippen molar-refractivity contribution in [3.05, 3.63) is 35.8 Å². The minimum atomic E-state index is -0.722. The molecule has 6 atom stereocenters. The van der Waals surface area contributed by atoms with Gasteiger partial charge < -0.3 is 14.9 Å². The van der Waals surface area contributed by atoms with Crippen LogP contribution in [0.2, 0.25) is 0 Å². The molecule has 1 spiro atoms. The Morgan fingerprint density at radius 1 is 1.32 bits per heavy atom. The molecule has 0 amide bonds. The van der Waals surface area contributed by atoms with Crippen LogP contribution in [0.15, 0.2) is 35.8 Å². The number of allylic oxidation sites excluding steroid dienone is 3. The molecule has 3 saturated carbocycles. The van der Waals surface area contributed by atoms with E-state index < -0.39 is 5.60 Å². The minimum Gasteiger partial charge on any atom is -0.504 e. The predicted octanol–water partition coefficient (Wildman–Crippen LogP) is 2.91. The Bertz CT molecular complexity index is 723. The molecule has 6 rings (SSSR count). The van der Waals surface area contributed by atoms with Crippen molar-refractivity contribution < 1.29 is 14.9 Å². The highest BCUT2D eigenvalue weighted by atomic mass is 16.5. The molecule has 5 fully saturated rings. The number of ether oxygens (including phenoxy) is 1. The molecule has 0 radical (unpaired) electrons. The first-order valence-electron chi connectivity index (χ1n) is 9.97. The Morgan fingerprint density at radius 3 is 2.96 bits per heavy atom. The molecule has 0 aromatic carbocycles. The number of aliphatic hydroxyl groups is 2. The van der Waals surface area contributed by atoms with Crippen LogP contribution in [0.5, 0.6) is 0 Å². The van der Waals surface area contributed by atoms with E-state index in [1.165, 1.54) is 12.8 Å². The molecule has 0 aromatic rings. The topological polar surface area (TPSA) is 52.9 Å². The number of likely N-dealkylation sites (tertiary alicyclic amines) is 1. The third-order valence-corrected chi connectivity index (χ3v) is 8.23. The van der Waals surface area contributed by atoms with Gasteiger partial charge in [-0.05, 0) is 68.6 Å². The van der Waals surface area contributed by atoms with Crippen LogP contribution in [0.25, 0.3) is 0 Å². The normalized spacial score (nSPS) is 50.7. The van der Waals surface area contributed by atoms with E-state index in [-0.39, 0.29) is 29.2 Å². The van der Waals surface area contributed by atoms with Crippen LogP contribution in [0, 0.1) is 23.2 Å². The number of piperidine rings is 1. The van der Waals surface area contributed by atoms with E-state index in [0.29, 0.717) is 5.92 Å². The maximum atomic E-state index is 12.1. The summed E-state index contributed by atoms with van der Waals surface area (Å²) in [6.45, 7) is 6.48. The standard InChI is InChI=1S/C21H27NO3/c1-12-6-7-21(24)16-10-14-4-5-15(23)18-17(14)20(21,19(12)25-18)8-9-22(16)11-13-2-3-13/h4-5,13-14,16-17,19,23-24H,1-3,6-11H2/t14?,16?,17?,19?,20-,21+/m0/s1. The Morgan fingerprint density at radius 2 is 2.16 bits per heavy atom. The predicted molar refractivity (Wildman–Crippen MR) is 93.7 cm³/mol. The average molecular weight is 341 g/mol. The summed E-state index contributed by atoms with van der Waals surface area (Å²) < 4.78 is 6.35. The zero-order valence-electron chi connectivity index (χ0n) is 14.7. The van der Waals surface area contributed by atoms with Gasteiger partial charge in [-0.2, -0.15) is 0 Å². The van der Waals surface area contributed by atoms with E-state index in [0.717, 1.165) is 56.0 Å². The van der Waals surface area contributed by atoms with Gasteiger partial charge in [-0.25, -0.2) is 0 Å². The minimum absolute atomic E-state index is 0.115. The maximum Gasteiger partial charge on any atom is 0.153 e. The summed E-state index contributed by atoms with van der Waals surface area (Å²) in [7, 11) is 0. The second-order valence-electron chi connectivity index (χ2n) is 9.31. The largest absolute Gasteiger partial charge is 0.504 e. The van der Waals surface area contributed by atoms with Gasteiger partial charge >= 0.3 is 0 Å². The van der Waals surface area contributed by atoms with Crippen molar-refractivity contribution in [3.8, 4) is 0 Å². The SMILES string of the molecule is C=C1CC[C@@]2(O)C3CC4C=CC(O)=C5OC1[C@]2(CCN3CC1CC1)C54. The van der Waals surface area contributed by atoms with Crippen molar-refractivity contribution in [2.45, 2.75) is 56.3 Å². The highest BCUT2D eigenvalue weighted by Gasteiger charge is 2.75. The van der Waals surface area contributed by atoms with Crippen molar-refractivity contribution in [2.24, 2.45) is 23.2 Å². The van der Waals surface area contributed by atoms with Crippen molar-refractivity contribution in [2.75, 3.05) is 13.1 Å². The highest BCUT2D eigenvalue weighted by Crippen LogP contribution is 2.70. The molecule has 2 bridgehead atoms. The van der Waals surface area contributed by atoms with Gasteiger partial charge in [-0.15, -0.1) is 0 Å². The molecule has 4 aliphatic carbocycles. The first kappa shape index (κ1) is 14.9. The van der Waals surface area contributed by atoms with Gasteiger partial charge in [-0.3, -0.25) is 4.90 Å². The van der Waals surface area contributed by atoms with Gasteiger partial charge in [0.2, 0.25) is 0 Å². The molecule has 2 heterocycles. The number of hydrogen-bond acceptors (Lipinski definition) is 4. The zero-order chi connectivity index (χ0) is 17.0. The maximum absolute atomic E-state index is 12.1. The second-order valence-corrected chi connectivity index (χ2v) is 9.31. The lowest BCUT2D eigenvalue weighted by molar-refractivity contribution is -0.240. The lowest BCUT2D eigenvalue weighted by Gasteiger charge is -2.66. The molecule has 4 heteroatoms. The monoisotopic (exact) mass is 341 g/mol. The summed E-state index contributed by atoms with van der Waals surface area (Å²) in [6.07, 6.45) is 10.1. The summed E-state index contributed by atoms with van der Waals surface area (Å²) in [5, 5.41) is 22.6. The summed E-state index contributed by atoms with van der Waals surface area (Å²) >= 11 is 0. The van der Waals surface area contributed by atoms with Crippen molar-refractivity contribution >= 4 is 0 Å². The van der Waals surface area contributed by atoms with Gasteiger partial charge in [-0.1, -0.05) is 12.7 Å². The third kappa shape index (κ3) is 1.62. The number of aliphatic hydroxyl groups excluding tert-OH is 1. The van der Waals surface area contributed by atoms with Crippen LogP contribution in [0.4, 0.5) is 0 Å². The van der Waals surface area contributed by atoms with Crippen LogP contribution < -0.4 is 0 Å². The van der Waals surface area contributed by atoms with Crippen LogP contribution in [0.1, 0.15) is 38.5 Å². The van der Waals surface area contributed by atoms with Crippen LogP contribution in [0.3, 0.4) is 0 Å². The average Bonchev–Trinajstić information content (AvgIpc) is 3.32. The van der Waals surface area contributed by atoms with Crippen LogP contribution in [-0.2, 0) is 4.74 Å². The number of nitrogens with zero attached hydrogens (tertiary/aromatic N) is 1. The molecule has 4 unspecified atom stereocenters. The molecular weight excluding hydrogens is 314 g/mol. The first-order chi connectivity index (χ1) is 12.0. The van der Waals surface area contributed by atoms with Crippen molar-refractivity contribution in [3.63, 3.8) is 0 Å². The molecular formula is C21H27NO3. The van der Waals surface area contributed by atoms with Crippen molar-refractivity contribution in [1.82, 2.24) is 4.90 Å². The second kappa shape index (κ2) is 4.52. The number of rotatable bonds is 2. The quantitative estimate of drug-likeness (QED) is 0.759.